The molecule has 0 fully saturated rings. The van der Waals surface area contributed by atoms with E-state index in [1.165, 1.54) is 6.92 Å². The van der Waals surface area contributed by atoms with E-state index >= 15 is 0 Å². The van der Waals surface area contributed by atoms with Crippen LogP contribution in [0.25, 0.3) is 11.1 Å². The van der Waals surface area contributed by atoms with E-state index in [0.29, 0.717) is 10.7 Å². The summed E-state index contributed by atoms with van der Waals surface area (Å²) in [7, 11) is 0. The Bertz CT molecular complexity index is 517. The Hall–Kier alpha value is -1.80. The van der Waals surface area contributed by atoms with Gasteiger partial charge in [0.25, 0.3) is 0 Å². The summed E-state index contributed by atoms with van der Waals surface area (Å²) in [5.74, 6) is -0.0968. The van der Waals surface area contributed by atoms with Crippen molar-refractivity contribution >= 4 is 23.2 Å². The average Bonchev–Trinajstić information content (AvgIpc) is 2.30. The molecule has 0 saturated heterocycles. The SMILES string of the molecule is CC(=O)Nc1[c]cc(-c2ccc(Cl)cc2)cc1. The Labute approximate surface area is 105 Å². The molecule has 0 saturated carbocycles. The number of rotatable bonds is 2. The molecule has 0 heterocycles. The first-order valence-electron chi connectivity index (χ1n) is 5.20. The molecule has 2 nitrogen and oxygen atoms in total. The van der Waals surface area contributed by atoms with Gasteiger partial charge in [0.15, 0.2) is 0 Å². The third kappa shape index (κ3) is 3.08. The van der Waals surface area contributed by atoms with Gasteiger partial charge >= 0.3 is 0 Å². The Balaban J connectivity index is 2.23. The van der Waals surface area contributed by atoms with Gasteiger partial charge in [0.1, 0.15) is 0 Å². The predicted octanol–water partition coefficient (Wildman–Crippen LogP) is 3.77. The molecule has 0 aromatic heterocycles. The van der Waals surface area contributed by atoms with Crippen LogP contribution in [0.2, 0.25) is 5.02 Å². The van der Waals surface area contributed by atoms with Crippen LogP contribution in [0.3, 0.4) is 0 Å². The Morgan fingerprint density at radius 1 is 1.12 bits per heavy atom. The van der Waals surface area contributed by atoms with E-state index in [4.69, 9.17) is 11.6 Å². The summed E-state index contributed by atoms with van der Waals surface area (Å²) in [6.45, 7) is 1.47. The summed E-state index contributed by atoms with van der Waals surface area (Å²) in [6, 6.07) is 16.2. The molecular weight excluding hydrogens is 234 g/mol. The third-order valence-electron chi connectivity index (χ3n) is 2.30. The second-order valence-corrected chi connectivity index (χ2v) is 4.12. The molecule has 2 aromatic rings. The molecule has 1 radical (unpaired) electrons. The maximum absolute atomic E-state index is 10.9. The van der Waals surface area contributed by atoms with Crippen molar-refractivity contribution in [1.82, 2.24) is 0 Å². The summed E-state index contributed by atoms with van der Waals surface area (Å²) < 4.78 is 0. The van der Waals surface area contributed by atoms with Crippen LogP contribution in [-0.4, -0.2) is 5.91 Å². The summed E-state index contributed by atoms with van der Waals surface area (Å²) in [5.41, 5.74) is 2.78. The number of anilines is 1. The van der Waals surface area contributed by atoms with Crippen molar-refractivity contribution < 1.29 is 4.79 Å². The number of hydrogen-bond acceptors (Lipinski definition) is 1. The van der Waals surface area contributed by atoms with Gasteiger partial charge in [-0.3, -0.25) is 4.79 Å². The summed E-state index contributed by atoms with van der Waals surface area (Å²) in [4.78, 5) is 10.9. The number of nitrogens with one attached hydrogen (secondary N) is 1. The van der Waals surface area contributed by atoms with Gasteiger partial charge in [0, 0.05) is 23.7 Å². The van der Waals surface area contributed by atoms with Crippen molar-refractivity contribution in [3.63, 3.8) is 0 Å². The number of hydrogen-bond donors (Lipinski definition) is 1. The van der Waals surface area contributed by atoms with E-state index in [2.05, 4.69) is 11.4 Å². The minimum Gasteiger partial charge on any atom is -0.326 e. The highest BCUT2D eigenvalue weighted by atomic mass is 35.5. The predicted molar refractivity (Wildman–Crippen MR) is 70.0 cm³/mol. The fourth-order valence-corrected chi connectivity index (χ4v) is 1.64. The lowest BCUT2D eigenvalue weighted by Crippen LogP contribution is -2.05. The van der Waals surface area contributed by atoms with Crippen LogP contribution in [0.1, 0.15) is 6.92 Å². The van der Waals surface area contributed by atoms with Crippen LogP contribution >= 0.6 is 11.6 Å². The summed E-state index contributed by atoms with van der Waals surface area (Å²) in [6.07, 6.45) is 0. The first kappa shape index (κ1) is 11.7. The molecule has 0 aliphatic heterocycles. The van der Waals surface area contributed by atoms with E-state index in [-0.39, 0.29) is 5.91 Å². The van der Waals surface area contributed by atoms with Gasteiger partial charge < -0.3 is 5.32 Å². The van der Waals surface area contributed by atoms with Crippen molar-refractivity contribution in [2.24, 2.45) is 0 Å². The van der Waals surface area contributed by atoms with Crippen molar-refractivity contribution in [2.45, 2.75) is 6.92 Å². The zero-order valence-electron chi connectivity index (χ0n) is 9.33. The van der Waals surface area contributed by atoms with Gasteiger partial charge in [-0.15, -0.1) is 0 Å². The average molecular weight is 245 g/mol. The lowest BCUT2D eigenvalue weighted by atomic mass is 10.1. The molecule has 0 bridgehead atoms. The van der Waals surface area contributed by atoms with Gasteiger partial charge in [-0.25, -0.2) is 0 Å². The summed E-state index contributed by atoms with van der Waals surface area (Å²) in [5, 5.41) is 3.39. The van der Waals surface area contributed by atoms with E-state index in [1.807, 2.05) is 42.5 Å². The zero-order chi connectivity index (χ0) is 12.3. The number of amides is 1. The fourth-order valence-electron chi connectivity index (χ4n) is 1.51. The minimum absolute atomic E-state index is 0.0968. The highest BCUT2D eigenvalue weighted by Gasteiger charge is 1.99. The molecule has 17 heavy (non-hydrogen) atoms. The van der Waals surface area contributed by atoms with Crippen molar-refractivity contribution in [3.05, 3.63) is 53.6 Å². The largest absolute Gasteiger partial charge is 0.326 e. The van der Waals surface area contributed by atoms with Crippen LogP contribution in [0.5, 0.6) is 0 Å². The van der Waals surface area contributed by atoms with Gasteiger partial charge in [-0.1, -0.05) is 29.8 Å². The lowest BCUT2D eigenvalue weighted by Gasteiger charge is -2.04. The quantitative estimate of drug-likeness (QED) is 0.856. The molecule has 0 aliphatic carbocycles. The number of halogens is 1. The van der Waals surface area contributed by atoms with E-state index in [0.717, 1.165) is 11.1 Å². The number of carbonyl (C=O) groups is 1. The van der Waals surface area contributed by atoms with Crippen molar-refractivity contribution in [3.8, 4) is 11.1 Å². The van der Waals surface area contributed by atoms with E-state index < -0.39 is 0 Å². The Kier molecular flexibility index (Phi) is 3.45. The van der Waals surface area contributed by atoms with Crippen LogP contribution in [-0.2, 0) is 4.79 Å². The smallest absolute Gasteiger partial charge is 0.221 e. The van der Waals surface area contributed by atoms with Gasteiger partial charge in [0.2, 0.25) is 5.91 Å². The Morgan fingerprint density at radius 2 is 1.76 bits per heavy atom. The van der Waals surface area contributed by atoms with E-state index in [1.54, 1.807) is 0 Å². The van der Waals surface area contributed by atoms with Crippen LogP contribution in [0, 0.1) is 6.07 Å². The molecule has 2 aromatic carbocycles. The Morgan fingerprint density at radius 3 is 2.29 bits per heavy atom. The standard InChI is InChI=1S/C14H11ClNO/c1-10(17)16-14-8-4-12(5-9-14)11-2-6-13(15)7-3-11/h2-8H,1H3,(H,16,17). The van der Waals surface area contributed by atoms with Gasteiger partial charge in [0.05, 0.1) is 0 Å². The molecule has 0 spiro atoms. The molecule has 0 atom stereocenters. The van der Waals surface area contributed by atoms with Gasteiger partial charge in [-0.2, -0.15) is 0 Å². The first-order chi connectivity index (χ1) is 8.15. The topological polar surface area (TPSA) is 29.1 Å². The first-order valence-corrected chi connectivity index (χ1v) is 5.58. The molecule has 0 unspecified atom stereocenters. The molecule has 2 rings (SSSR count). The van der Waals surface area contributed by atoms with Crippen LogP contribution in [0.15, 0.2) is 42.5 Å². The minimum atomic E-state index is -0.0968. The monoisotopic (exact) mass is 244 g/mol. The molecule has 1 amide bonds. The van der Waals surface area contributed by atoms with Crippen LogP contribution < -0.4 is 5.32 Å². The lowest BCUT2D eigenvalue weighted by molar-refractivity contribution is -0.114. The number of carbonyl (C=O) groups excluding carboxylic acids is 1. The molecule has 3 heteroatoms. The second kappa shape index (κ2) is 5.02. The van der Waals surface area contributed by atoms with Gasteiger partial charge in [-0.05, 0) is 35.4 Å². The maximum Gasteiger partial charge on any atom is 0.221 e. The van der Waals surface area contributed by atoms with Crippen LogP contribution in [0.4, 0.5) is 5.69 Å². The highest BCUT2D eigenvalue weighted by Crippen LogP contribution is 2.22. The molecule has 85 valence electrons. The second-order valence-electron chi connectivity index (χ2n) is 3.68. The normalized spacial score (nSPS) is 10.0. The van der Waals surface area contributed by atoms with Crippen molar-refractivity contribution in [2.75, 3.05) is 5.32 Å². The zero-order valence-corrected chi connectivity index (χ0v) is 10.1. The molecule has 0 aliphatic rings. The van der Waals surface area contributed by atoms with E-state index in [9.17, 15) is 4.79 Å². The van der Waals surface area contributed by atoms with Crippen molar-refractivity contribution in [1.29, 1.82) is 0 Å². The molecular formula is C14H11ClNO. The fraction of sp³-hybridized carbons (Fsp3) is 0.0714. The molecule has 1 N–H and O–H groups in total. The summed E-state index contributed by atoms with van der Waals surface area (Å²) >= 11 is 5.83. The maximum atomic E-state index is 10.9. The highest BCUT2D eigenvalue weighted by molar-refractivity contribution is 6.30. The number of benzene rings is 2. The third-order valence-corrected chi connectivity index (χ3v) is 2.55.